The van der Waals surface area contributed by atoms with E-state index >= 15 is 0 Å². The molecule has 0 radical (unpaired) electrons. The van der Waals surface area contributed by atoms with Crippen molar-refractivity contribution in [2.75, 3.05) is 5.32 Å². The first kappa shape index (κ1) is 7.83. The summed E-state index contributed by atoms with van der Waals surface area (Å²) in [6.07, 6.45) is 3.06. The third-order valence-electron chi connectivity index (χ3n) is 1.78. The van der Waals surface area contributed by atoms with Crippen molar-refractivity contribution in [3.63, 3.8) is 0 Å². The van der Waals surface area contributed by atoms with Crippen LogP contribution in [0, 0.1) is 0 Å². The predicted molar refractivity (Wildman–Crippen MR) is 52.8 cm³/mol. The molecule has 1 heterocycles. The number of hydrogen-bond donors (Lipinski definition) is 2. The summed E-state index contributed by atoms with van der Waals surface area (Å²) in [5, 5.41) is 12.2. The van der Waals surface area contributed by atoms with Crippen LogP contribution in [0.1, 0.15) is 5.56 Å². The molecule has 2 rings (SSSR count). The topological polar surface area (TPSA) is 32.3 Å². The van der Waals surface area contributed by atoms with Gasteiger partial charge in [0.1, 0.15) is 6.23 Å². The van der Waals surface area contributed by atoms with Crippen LogP contribution in [0.15, 0.2) is 28.7 Å². The quantitative estimate of drug-likeness (QED) is 0.710. The number of halogens is 1. The van der Waals surface area contributed by atoms with E-state index in [1.807, 2.05) is 24.3 Å². The second-order valence-corrected chi connectivity index (χ2v) is 3.60. The number of fused-ring (bicyclic) bond motifs is 1. The van der Waals surface area contributed by atoms with Crippen LogP contribution in [0.5, 0.6) is 0 Å². The zero-order valence-corrected chi connectivity index (χ0v) is 7.88. The van der Waals surface area contributed by atoms with E-state index in [4.69, 9.17) is 0 Å². The summed E-state index contributed by atoms with van der Waals surface area (Å²) in [7, 11) is 0. The molecule has 62 valence electrons. The molecule has 2 N–H and O–H groups in total. The number of hydrogen-bond acceptors (Lipinski definition) is 2. The molecule has 1 atom stereocenters. The van der Waals surface area contributed by atoms with Crippen molar-refractivity contribution in [3.05, 3.63) is 34.3 Å². The summed E-state index contributed by atoms with van der Waals surface area (Å²) in [6.45, 7) is 0. The van der Waals surface area contributed by atoms with Crippen molar-refractivity contribution in [2.24, 2.45) is 0 Å². The van der Waals surface area contributed by atoms with Crippen LogP contribution >= 0.6 is 15.9 Å². The SMILES string of the molecule is OC1C=Cc2cc(Br)ccc2N1. The zero-order chi connectivity index (χ0) is 8.55. The van der Waals surface area contributed by atoms with Crippen LogP contribution in [-0.4, -0.2) is 11.3 Å². The Balaban J connectivity index is 2.47. The second-order valence-electron chi connectivity index (χ2n) is 2.68. The first-order valence-corrected chi connectivity index (χ1v) is 4.47. The molecule has 0 bridgehead atoms. The van der Waals surface area contributed by atoms with Gasteiger partial charge in [0.05, 0.1) is 0 Å². The van der Waals surface area contributed by atoms with E-state index in [0.29, 0.717) is 0 Å². The molecule has 0 saturated carbocycles. The standard InChI is InChI=1S/C9H8BrNO/c10-7-2-3-8-6(5-7)1-4-9(12)11-8/h1-5,9,11-12H. The Morgan fingerprint density at radius 3 is 3.08 bits per heavy atom. The Bertz CT molecular complexity index is 335. The number of aliphatic hydroxyl groups excluding tert-OH is 1. The van der Waals surface area contributed by atoms with Gasteiger partial charge < -0.3 is 10.4 Å². The number of nitrogens with one attached hydrogen (secondary N) is 1. The van der Waals surface area contributed by atoms with E-state index in [9.17, 15) is 5.11 Å². The largest absolute Gasteiger partial charge is 0.370 e. The molecule has 0 aromatic heterocycles. The summed E-state index contributed by atoms with van der Waals surface area (Å²) >= 11 is 3.38. The van der Waals surface area contributed by atoms with E-state index in [-0.39, 0.29) is 0 Å². The molecule has 12 heavy (non-hydrogen) atoms. The minimum atomic E-state index is -0.557. The second kappa shape index (κ2) is 2.92. The molecular weight excluding hydrogens is 218 g/mol. The molecule has 0 saturated heterocycles. The Labute approximate surface area is 79.0 Å². The van der Waals surface area contributed by atoms with Gasteiger partial charge in [-0.3, -0.25) is 0 Å². The molecule has 1 aliphatic rings. The Hall–Kier alpha value is -0.800. The third-order valence-corrected chi connectivity index (χ3v) is 2.27. The first-order chi connectivity index (χ1) is 5.75. The van der Waals surface area contributed by atoms with Gasteiger partial charge in [-0.2, -0.15) is 0 Å². The fraction of sp³-hybridized carbons (Fsp3) is 0.111. The van der Waals surface area contributed by atoms with Gasteiger partial charge >= 0.3 is 0 Å². The number of rotatable bonds is 0. The van der Waals surface area contributed by atoms with Gasteiger partial charge in [0.2, 0.25) is 0 Å². The van der Waals surface area contributed by atoms with Crippen LogP contribution in [0.4, 0.5) is 5.69 Å². The maximum atomic E-state index is 9.22. The summed E-state index contributed by atoms with van der Waals surface area (Å²) in [6, 6.07) is 5.88. The molecule has 1 aromatic rings. The maximum absolute atomic E-state index is 9.22. The summed E-state index contributed by atoms with van der Waals surface area (Å²) in [4.78, 5) is 0. The zero-order valence-electron chi connectivity index (χ0n) is 6.29. The summed E-state index contributed by atoms with van der Waals surface area (Å²) < 4.78 is 1.05. The average molecular weight is 226 g/mol. The van der Waals surface area contributed by atoms with Gasteiger partial charge in [-0.05, 0) is 29.8 Å². The summed E-state index contributed by atoms with van der Waals surface area (Å²) in [5.74, 6) is 0. The van der Waals surface area contributed by atoms with E-state index in [1.165, 1.54) is 0 Å². The Morgan fingerprint density at radius 2 is 2.25 bits per heavy atom. The third kappa shape index (κ3) is 1.38. The molecular formula is C9H8BrNO. The normalized spacial score (nSPS) is 20.0. The van der Waals surface area contributed by atoms with Crippen LogP contribution in [0.2, 0.25) is 0 Å². The molecule has 0 aliphatic carbocycles. The van der Waals surface area contributed by atoms with Gasteiger partial charge in [-0.1, -0.05) is 22.0 Å². The van der Waals surface area contributed by atoms with Gasteiger partial charge in [0, 0.05) is 10.2 Å². The van der Waals surface area contributed by atoms with Crippen molar-refractivity contribution in [3.8, 4) is 0 Å². The minimum absolute atomic E-state index is 0.557. The van der Waals surface area contributed by atoms with Crippen molar-refractivity contribution >= 4 is 27.7 Å². The Morgan fingerprint density at radius 1 is 1.42 bits per heavy atom. The summed E-state index contributed by atoms with van der Waals surface area (Å²) in [5.41, 5.74) is 2.06. The van der Waals surface area contributed by atoms with E-state index in [1.54, 1.807) is 6.08 Å². The molecule has 1 unspecified atom stereocenters. The van der Waals surface area contributed by atoms with Gasteiger partial charge in [-0.25, -0.2) is 0 Å². The number of benzene rings is 1. The molecule has 0 amide bonds. The highest BCUT2D eigenvalue weighted by Gasteiger charge is 2.08. The molecule has 0 spiro atoms. The molecule has 1 aliphatic heterocycles. The molecule has 3 heteroatoms. The van der Waals surface area contributed by atoms with Crippen molar-refractivity contribution in [1.29, 1.82) is 0 Å². The highest BCUT2D eigenvalue weighted by Crippen LogP contribution is 2.25. The monoisotopic (exact) mass is 225 g/mol. The first-order valence-electron chi connectivity index (χ1n) is 3.68. The maximum Gasteiger partial charge on any atom is 0.144 e. The van der Waals surface area contributed by atoms with Gasteiger partial charge in [-0.15, -0.1) is 0 Å². The van der Waals surface area contributed by atoms with Crippen molar-refractivity contribution in [1.82, 2.24) is 0 Å². The lowest BCUT2D eigenvalue weighted by Crippen LogP contribution is -2.18. The van der Waals surface area contributed by atoms with Crippen LogP contribution in [0.25, 0.3) is 6.08 Å². The van der Waals surface area contributed by atoms with Gasteiger partial charge in [0.25, 0.3) is 0 Å². The van der Waals surface area contributed by atoms with Crippen molar-refractivity contribution in [2.45, 2.75) is 6.23 Å². The fourth-order valence-electron chi connectivity index (χ4n) is 1.21. The molecule has 0 fully saturated rings. The predicted octanol–water partition coefficient (Wildman–Crippen LogP) is 2.21. The Kier molecular flexibility index (Phi) is 1.90. The van der Waals surface area contributed by atoms with E-state index < -0.39 is 6.23 Å². The van der Waals surface area contributed by atoms with Gasteiger partial charge in [0.15, 0.2) is 0 Å². The highest BCUT2D eigenvalue weighted by molar-refractivity contribution is 9.10. The van der Waals surface area contributed by atoms with E-state index in [2.05, 4.69) is 21.2 Å². The number of anilines is 1. The minimum Gasteiger partial charge on any atom is -0.370 e. The molecule has 1 aromatic carbocycles. The van der Waals surface area contributed by atoms with Crippen molar-refractivity contribution < 1.29 is 5.11 Å². The number of aliphatic hydroxyl groups is 1. The van der Waals surface area contributed by atoms with E-state index in [0.717, 1.165) is 15.7 Å². The van der Waals surface area contributed by atoms with Crippen LogP contribution in [-0.2, 0) is 0 Å². The molecule has 2 nitrogen and oxygen atoms in total. The lowest BCUT2D eigenvalue weighted by Gasteiger charge is -2.17. The lowest BCUT2D eigenvalue weighted by atomic mass is 10.1. The van der Waals surface area contributed by atoms with Crippen LogP contribution < -0.4 is 5.32 Å². The fourth-order valence-corrected chi connectivity index (χ4v) is 1.58. The average Bonchev–Trinajstić information content (AvgIpc) is 2.05. The highest BCUT2D eigenvalue weighted by atomic mass is 79.9. The smallest absolute Gasteiger partial charge is 0.144 e. The lowest BCUT2D eigenvalue weighted by molar-refractivity contribution is 0.252. The van der Waals surface area contributed by atoms with Crippen LogP contribution in [0.3, 0.4) is 0 Å².